The first kappa shape index (κ1) is 22.8. The molecular formula is C25H36N2O3. The van der Waals surface area contributed by atoms with Crippen molar-refractivity contribution in [3.63, 3.8) is 0 Å². The zero-order valence-corrected chi connectivity index (χ0v) is 18.3. The maximum atomic E-state index is 12.5. The first-order chi connectivity index (χ1) is 14.6. The minimum absolute atomic E-state index is 0.141. The van der Waals surface area contributed by atoms with Gasteiger partial charge in [0.05, 0.1) is 24.7 Å². The van der Waals surface area contributed by atoms with Gasteiger partial charge in [0.25, 0.3) is 0 Å². The molecule has 0 saturated carbocycles. The number of nitrogens with one attached hydrogen (secondary N) is 1. The highest BCUT2D eigenvalue weighted by molar-refractivity contribution is 5.70. The summed E-state index contributed by atoms with van der Waals surface area (Å²) in [6, 6.07) is 12.7. The fraction of sp³-hybridized carbons (Fsp3) is 0.680. The largest absolute Gasteiger partial charge is 0.444 e. The van der Waals surface area contributed by atoms with Crippen LogP contribution in [0.5, 0.6) is 0 Å². The summed E-state index contributed by atoms with van der Waals surface area (Å²) in [6.45, 7) is 3.07. The maximum absolute atomic E-state index is 12.5. The second-order valence-electron chi connectivity index (χ2n) is 9.12. The summed E-state index contributed by atoms with van der Waals surface area (Å²) in [5.74, 6) is -0.141. The number of ether oxygens (including phenoxy) is 2. The third-order valence-electron chi connectivity index (χ3n) is 6.40. The van der Waals surface area contributed by atoms with Crippen molar-refractivity contribution in [3.05, 3.63) is 35.9 Å². The van der Waals surface area contributed by atoms with E-state index in [-0.39, 0.29) is 12.0 Å². The third kappa shape index (κ3) is 6.30. The minimum Gasteiger partial charge on any atom is -0.444 e. The average molecular weight is 413 g/mol. The van der Waals surface area contributed by atoms with Gasteiger partial charge in [-0.1, -0.05) is 69.4 Å². The van der Waals surface area contributed by atoms with Gasteiger partial charge in [0.15, 0.2) is 5.72 Å². The predicted octanol–water partition coefficient (Wildman–Crippen LogP) is 5.25. The monoisotopic (exact) mass is 412 g/mol. The van der Waals surface area contributed by atoms with Crippen LogP contribution >= 0.6 is 0 Å². The molecule has 1 aromatic carbocycles. The van der Waals surface area contributed by atoms with Gasteiger partial charge in [-0.05, 0) is 24.8 Å². The molecule has 3 rings (SSSR count). The number of nitriles is 1. The molecule has 164 valence electrons. The van der Waals surface area contributed by atoms with Gasteiger partial charge < -0.3 is 9.47 Å². The molecule has 0 aliphatic carbocycles. The molecule has 3 unspecified atom stereocenters. The number of hydrogen-bond donors (Lipinski definition) is 1. The topological polar surface area (TPSA) is 71.4 Å². The SMILES string of the molecule is CCCCCCCCC(=O)OC12CCC(CC(C#N)(COCc3ccccc3)C1)N2. The van der Waals surface area contributed by atoms with Crippen molar-refractivity contribution < 1.29 is 14.3 Å². The predicted molar refractivity (Wildman–Crippen MR) is 116 cm³/mol. The average Bonchev–Trinajstić information content (AvgIpc) is 3.05. The Morgan fingerprint density at radius 3 is 2.73 bits per heavy atom. The van der Waals surface area contributed by atoms with Gasteiger partial charge in [0.2, 0.25) is 0 Å². The number of hydrogen-bond acceptors (Lipinski definition) is 5. The molecule has 2 heterocycles. The highest BCUT2D eigenvalue weighted by Gasteiger charge is 2.54. The fourth-order valence-electron chi connectivity index (χ4n) is 4.91. The summed E-state index contributed by atoms with van der Waals surface area (Å²) in [5, 5.41) is 13.5. The normalized spacial score (nSPS) is 27.5. The molecule has 1 N–H and O–H groups in total. The molecule has 2 aliphatic heterocycles. The van der Waals surface area contributed by atoms with E-state index in [4.69, 9.17) is 9.47 Å². The van der Waals surface area contributed by atoms with Crippen LogP contribution in [0.1, 0.15) is 83.1 Å². The Labute approximate surface area is 181 Å². The molecule has 2 fully saturated rings. The summed E-state index contributed by atoms with van der Waals surface area (Å²) < 4.78 is 11.9. The third-order valence-corrected chi connectivity index (χ3v) is 6.40. The van der Waals surface area contributed by atoms with Crippen LogP contribution in [-0.2, 0) is 20.9 Å². The lowest BCUT2D eigenvalue weighted by Gasteiger charge is -2.42. The Morgan fingerprint density at radius 1 is 1.20 bits per heavy atom. The molecule has 5 nitrogen and oxygen atoms in total. The summed E-state index contributed by atoms with van der Waals surface area (Å²) >= 11 is 0. The molecule has 2 bridgehead atoms. The summed E-state index contributed by atoms with van der Waals surface area (Å²) in [5.41, 5.74) is -0.210. The second-order valence-corrected chi connectivity index (χ2v) is 9.12. The van der Waals surface area contributed by atoms with E-state index in [1.807, 2.05) is 30.3 Å². The van der Waals surface area contributed by atoms with Gasteiger partial charge in [0, 0.05) is 25.3 Å². The number of carbonyl (C=O) groups is 1. The molecule has 0 radical (unpaired) electrons. The highest BCUT2D eigenvalue weighted by atomic mass is 16.6. The van der Waals surface area contributed by atoms with E-state index in [9.17, 15) is 10.1 Å². The van der Waals surface area contributed by atoms with E-state index in [0.717, 1.165) is 37.7 Å². The van der Waals surface area contributed by atoms with Crippen LogP contribution in [0.4, 0.5) is 0 Å². The number of carbonyl (C=O) groups excluding carboxylic acids is 1. The Bertz CT molecular complexity index is 717. The molecule has 5 heteroatoms. The van der Waals surface area contributed by atoms with Gasteiger partial charge in [0.1, 0.15) is 0 Å². The van der Waals surface area contributed by atoms with Crippen LogP contribution in [-0.4, -0.2) is 24.3 Å². The Kier molecular flexibility index (Phi) is 8.30. The number of fused-ring (bicyclic) bond motifs is 2. The first-order valence-corrected chi connectivity index (χ1v) is 11.6. The molecule has 1 aromatic rings. The van der Waals surface area contributed by atoms with Crippen LogP contribution in [0.3, 0.4) is 0 Å². The van der Waals surface area contributed by atoms with E-state index in [0.29, 0.717) is 26.1 Å². The molecule has 0 spiro atoms. The van der Waals surface area contributed by atoms with Gasteiger partial charge in [-0.3, -0.25) is 10.1 Å². The lowest BCUT2D eigenvalue weighted by molar-refractivity contribution is -0.170. The Morgan fingerprint density at radius 2 is 1.97 bits per heavy atom. The van der Waals surface area contributed by atoms with Crippen molar-refractivity contribution in [2.75, 3.05) is 6.61 Å². The van der Waals surface area contributed by atoms with Crippen LogP contribution in [0, 0.1) is 16.7 Å². The fourth-order valence-corrected chi connectivity index (χ4v) is 4.91. The van der Waals surface area contributed by atoms with Crippen LogP contribution < -0.4 is 5.32 Å². The van der Waals surface area contributed by atoms with Crippen molar-refractivity contribution in [2.24, 2.45) is 5.41 Å². The quantitative estimate of drug-likeness (QED) is 0.375. The van der Waals surface area contributed by atoms with Crippen molar-refractivity contribution in [2.45, 2.75) is 95.9 Å². The van der Waals surface area contributed by atoms with E-state index >= 15 is 0 Å². The van der Waals surface area contributed by atoms with Gasteiger partial charge in [-0.15, -0.1) is 0 Å². The number of esters is 1. The highest BCUT2D eigenvalue weighted by Crippen LogP contribution is 2.46. The molecule has 2 aliphatic rings. The van der Waals surface area contributed by atoms with Crippen molar-refractivity contribution >= 4 is 5.97 Å². The van der Waals surface area contributed by atoms with Crippen molar-refractivity contribution in [1.82, 2.24) is 5.32 Å². The number of unbranched alkanes of at least 4 members (excludes halogenated alkanes) is 5. The molecule has 2 saturated heterocycles. The van der Waals surface area contributed by atoms with Crippen LogP contribution in [0.2, 0.25) is 0 Å². The summed E-state index contributed by atoms with van der Waals surface area (Å²) in [4.78, 5) is 12.5. The summed E-state index contributed by atoms with van der Waals surface area (Å²) in [6.07, 6.45) is 10.3. The van der Waals surface area contributed by atoms with Gasteiger partial charge >= 0.3 is 5.97 Å². The van der Waals surface area contributed by atoms with E-state index < -0.39 is 11.1 Å². The Balaban J connectivity index is 1.50. The van der Waals surface area contributed by atoms with Gasteiger partial charge in [-0.25, -0.2) is 0 Å². The van der Waals surface area contributed by atoms with Crippen molar-refractivity contribution in [1.29, 1.82) is 5.26 Å². The zero-order chi connectivity index (χ0) is 21.3. The maximum Gasteiger partial charge on any atom is 0.307 e. The first-order valence-electron chi connectivity index (χ1n) is 11.6. The Hall–Kier alpha value is -1.90. The smallest absolute Gasteiger partial charge is 0.307 e. The number of nitrogens with zero attached hydrogens (tertiary/aromatic N) is 1. The number of piperidine rings is 1. The number of rotatable bonds is 12. The van der Waals surface area contributed by atoms with Crippen LogP contribution in [0.25, 0.3) is 0 Å². The van der Waals surface area contributed by atoms with E-state index in [1.165, 1.54) is 25.7 Å². The lowest BCUT2D eigenvalue weighted by Crippen LogP contribution is -2.56. The number of benzene rings is 1. The minimum atomic E-state index is -0.700. The molecule has 0 aromatic heterocycles. The lowest BCUT2D eigenvalue weighted by atomic mass is 9.76. The second kappa shape index (κ2) is 10.9. The molecule has 30 heavy (non-hydrogen) atoms. The molecule has 3 atom stereocenters. The van der Waals surface area contributed by atoms with E-state index in [2.05, 4.69) is 18.3 Å². The van der Waals surface area contributed by atoms with Crippen LogP contribution in [0.15, 0.2) is 30.3 Å². The zero-order valence-electron chi connectivity index (χ0n) is 18.3. The molecular weight excluding hydrogens is 376 g/mol. The standard InChI is InChI=1S/C25H36N2O3/c1-2-3-4-5-6-10-13-23(28)30-25-15-14-22(27-25)16-24(18-25,19-26)20-29-17-21-11-8-7-9-12-21/h7-9,11-12,22,27H,2-6,10,13-18,20H2,1H3. The van der Waals surface area contributed by atoms with E-state index in [1.54, 1.807) is 0 Å². The van der Waals surface area contributed by atoms with Crippen molar-refractivity contribution in [3.8, 4) is 6.07 Å². The molecule has 0 amide bonds. The summed E-state index contributed by atoms with van der Waals surface area (Å²) in [7, 11) is 0. The van der Waals surface area contributed by atoms with Gasteiger partial charge in [-0.2, -0.15) is 5.26 Å².